The van der Waals surface area contributed by atoms with Crippen LogP contribution in [0, 0.1) is 29.5 Å². The van der Waals surface area contributed by atoms with Gasteiger partial charge in [0, 0.05) is 18.2 Å². The summed E-state index contributed by atoms with van der Waals surface area (Å²) in [5.74, 6) is -1.90. The molecule has 38 heavy (non-hydrogen) atoms. The summed E-state index contributed by atoms with van der Waals surface area (Å²) >= 11 is 0. The number of hydrogen-bond acceptors (Lipinski definition) is 5. The number of benzene rings is 1. The van der Waals surface area contributed by atoms with E-state index in [1.165, 1.54) is 19.6 Å². The molecular weight excluding hydrogens is 491 g/mol. The smallest absolute Gasteiger partial charge is 0.306 e. The Kier molecular flexibility index (Phi) is 8.09. The molecule has 4 unspecified atom stereocenters. The molecule has 4 aliphatic rings. The Morgan fingerprint density at radius 3 is 2.29 bits per heavy atom. The van der Waals surface area contributed by atoms with E-state index in [9.17, 15) is 23.9 Å². The first-order chi connectivity index (χ1) is 18.3. The standard InChI is InChI=1S/C29H39FN2O6/c1-37-23-15-22(30)24(38-20-11-9-16(10-12-20)29(35)36)14-21(23)27(33)32-26-18-8-7-17(13-18)25(26)28(34)31-19-5-3-2-4-6-19/h14-20,25-26H,2-13H2,1H3,(H,31,34)(H,32,33)(H,35,36). The van der Waals surface area contributed by atoms with Crippen molar-refractivity contribution in [2.24, 2.45) is 23.7 Å². The molecule has 0 radical (unpaired) electrons. The number of methoxy groups -OCH3 is 1. The van der Waals surface area contributed by atoms with Gasteiger partial charge in [0.25, 0.3) is 5.91 Å². The lowest BCUT2D eigenvalue weighted by Gasteiger charge is -2.33. The van der Waals surface area contributed by atoms with Crippen LogP contribution in [0.5, 0.6) is 11.5 Å². The van der Waals surface area contributed by atoms with Crippen LogP contribution in [-0.2, 0) is 9.59 Å². The maximum absolute atomic E-state index is 14.9. The fourth-order valence-corrected chi connectivity index (χ4v) is 7.23. The van der Waals surface area contributed by atoms with Crippen molar-refractivity contribution in [1.82, 2.24) is 10.6 Å². The van der Waals surface area contributed by atoms with Crippen LogP contribution in [-0.4, -0.2) is 48.2 Å². The Balaban J connectivity index is 1.29. The van der Waals surface area contributed by atoms with Crippen LogP contribution in [0.3, 0.4) is 0 Å². The minimum atomic E-state index is -0.815. The molecule has 2 bridgehead atoms. The molecule has 0 heterocycles. The summed E-state index contributed by atoms with van der Waals surface area (Å²) in [5.41, 5.74) is 0.164. The highest BCUT2D eigenvalue weighted by Gasteiger charge is 2.51. The van der Waals surface area contributed by atoms with Gasteiger partial charge in [-0.05, 0) is 75.7 Å². The summed E-state index contributed by atoms with van der Waals surface area (Å²) in [6.07, 6.45) is 10.1. The van der Waals surface area contributed by atoms with Gasteiger partial charge in [0.15, 0.2) is 11.6 Å². The highest BCUT2D eigenvalue weighted by molar-refractivity contribution is 5.98. The minimum absolute atomic E-state index is 0.0430. The van der Waals surface area contributed by atoms with Gasteiger partial charge in [0.1, 0.15) is 5.75 Å². The molecule has 0 aromatic heterocycles. The van der Waals surface area contributed by atoms with E-state index in [2.05, 4.69) is 10.6 Å². The van der Waals surface area contributed by atoms with Gasteiger partial charge in [0.05, 0.1) is 30.6 Å². The summed E-state index contributed by atoms with van der Waals surface area (Å²) in [7, 11) is 1.39. The van der Waals surface area contributed by atoms with Crippen molar-refractivity contribution in [1.29, 1.82) is 0 Å². The van der Waals surface area contributed by atoms with Crippen LogP contribution in [0.4, 0.5) is 4.39 Å². The van der Waals surface area contributed by atoms with Crippen LogP contribution in [0.15, 0.2) is 12.1 Å². The molecule has 0 aliphatic heterocycles. The van der Waals surface area contributed by atoms with Gasteiger partial charge in [-0.15, -0.1) is 0 Å². The zero-order chi connectivity index (χ0) is 26.8. The van der Waals surface area contributed by atoms with Gasteiger partial charge in [-0.2, -0.15) is 0 Å². The van der Waals surface area contributed by atoms with Crippen LogP contribution in [0.25, 0.3) is 0 Å². The number of rotatable bonds is 8. The zero-order valence-electron chi connectivity index (χ0n) is 22.0. The van der Waals surface area contributed by atoms with E-state index in [0.29, 0.717) is 25.7 Å². The van der Waals surface area contributed by atoms with Crippen molar-refractivity contribution in [2.75, 3.05) is 7.11 Å². The Hall–Kier alpha value is -2.84. The van der Waals surface area contributed by atoms with Gasteiger partial charge in [-0.3, -0.25) is 14.4 Å². The summed E-state index contributed by atoms with van der Waals surface area (Å²) in [6, 6.07) is 2.47. The average Bonchev–Trinajstić information content (AvgIpc) is 3.52. The minimum Gasteiger partial charge on any atom is -0.496 e. The second kappa shape index (κ2) is 11.5. The SMILES string of the molecule is COc1cc(F)c(OC2CCC(C(=O)O)CC2)cc1C(=O)NC1C2CCC(C2)C1C(=O)NC1CCCCC1. The highest BCUT2D eigenvalue weighted by Crippen LogP contribution is 2.49. The zero-order valence-corrected chi connectivity index (χ0v) is 22.0. The van der Waals surface area contributed by atoms with E-state index in [1.54, 1.807) is 0 Å². The fourth-order valence-electron chi connectivity index (χ4n) is 7.23. The second-order valence-corrected chi connectivity index (χ2v) is 11.6. The molecule has 4 saturated carbocycles. The number of amides is 2. The lowest BCUT2D eigenvalue weighted by molar-refractivity contribution is -0.143. The number of carboxylic acid groups (broad SMARTS) is 1. The molecule has 0 spiro atoms. The van der Waals surface area contributed by atoms with Gasteiger partial charge >= 0.3 is 5.97 Å². The summed E-state index contributed by atoms with van der Waals surface area (Å²) in [4.78, 5) is 38.1. The predicted octanol–water partition coefficient (Wildman–Crippen LogP) is 4.45. The number of aliphatic carboxylic acids is 1. The van der Waals surface area contributed by atoms with Gasteiger partial charge in [0.2, 0.25) is 5.91 Å². The van der Waals surface area contributed by atoms with Crippen LogP contribution >= 0.6 is 0 Å². The molecule has 2 amide bonds. The van der Waals surface area contributed by atoms with Crippen LogP contribution < -0.4 is 20.1 Å². The number of ether oxygens (including phenoxy) is 2. The average molecular weight is 531 g/mol. The molecule has 5 rings (SSSR count). The van der Waals surface area contributed by atoms with Crippen molar-refractivity contribution in [3.63, 3.8) is 0 Å². The predicted molar refractivity (Wildman–Crippen MR) is 138 cm³/mol. The van der Waals surface area contributed by atoms with Crippen molar-refractivity contribution >= 4 is 17.8 Å². The first-order valence-electron chi connectivity index (χ1n) is 14.2. The van der Waals surface area contributed by atoms with E-state index in [1.807, 2.05) is 0 Å². The fraction of sp³-hybridized carbons (Fsp3) is 0.690. The number of fused-ring (bicyclic) bond motifs is 2. The van der Waals surface area contributed by atoms with E-state index >= 15 is 0 Å². The molecule has 4 fully saturated rings. The molecular formula is C29H39FN2O6. The highest BCUT2D eigenvalue weighted by atomic mass is 19.1. The lowest BCUT2D eigenvalue weighted by Crippen LogP contribution is -2.51. The summed E-state index contributed by atoms with van der Waals surface area (Å²) < 4.78 is 26.1. The molecule has 4 aliphatic carbocycles. The van der Waals surface area contributed by atoms with Crippen molar-refractivity contribution in [3.05, 3.63) is 23.5 Å². The molecule has 4 atom stereocenters. The molecule has 1 aromatic rings. The Labute approximate surface area is 223 Å². The van der Waals surface area contributed by atoms with Crippen LogP contribution in [0.2, 0.25) is 0 Å². The van der Waals surface area contributed by atoms with Crippen LogP contribution in [0.1, 0.15) is 87.4 Å². The van der Waals surface area contributed by atoms with Gasteiger partial charge in [-0.25, -0.2) is 4.39 Å². The van der Waals surface area contributed by atoms with E-state index in [4.69, 9.17) is 9.47 Å². The summed E-state index contributed by atoms with van der Waals surface area (Å²) in [6.45, 7) is 0. The monoisotopic (exact) mass is 530 g/mol. The number of carbonyl (C=O) groups excluding carboxylic acids is 2. The van der Waals surface area contributed by atoms with Crippen molar-refractivity contribution in [3.8, 4) is 11.5 Å². The molecule has 1 aromatic carbocycles. The molecule has 208 valence electrons. The van der Waals surface area contributed by atoms with Gasteiger partial charge < -0.3 is 25.2 Å². The maximum Gasteiger partial charge on any atom is 0.306 e. The molecule has 3 N–H and O–H groups in total. The molecule has 9 heteroatoms. The first-order valence-corrected chi connectivity index (χ1v) is 14.2. The Morgan fingerprint density at radius 2 is 1.61 bits per heavy atom. The number of halogens is 1. The van der Waals surface area contributed by atoms with Gasteiger partial charge in [-0.1, -0.05) is 19.3 Å². The Morgan fingerprint density at radius 1 is 0.895 bits per heavy atom. The molecule has 0 saturated heterocycles. The molecule has 8 nitrogen and oxygen atoms in total. The van der Waals surface area contributed by atoms with E-state index in [-0.39, 0.29) is 58.9 Å². The third-order valence-electron chi connectivity index (χ3n) is 9.28. The third kappa shape index (κ3) is 5.61. The number of hydrogen-bond donors (Lipinski definition) is 3. The number of carboxylic acids is 1. The third-order valence-corrected chi connectivity index (χ3v) is 9.28. The Bertz CT molecular complexity index is 1050. The number of carbonyl (C=O) groups is 3. The van der Waals surface area contributed by atoms with Crippen molar-refractivity contribution < 1.29 is 33.4 Å². The first kappa shape index (κ1) is 26.8. The topological polar surface area (TPSA) is 114 Å². The normalized spacial score (nSPS) is 31.0. The second-order valence-electron chi connectivity index (χ2n) is 11.6. The summed E-state index contributed by atoms with van der Waals surface area (Å²) in [5, 5.41) is 15.6. The quantitative estimate of drug-likeness (QED) is 0.458. The van der Waals surface area contributed by atoms with E-state index in [0.717, 1.165) is 51.0 Å². The lowest BCUT2D eigenvalue weighted by atomic mass is 9.83. The number of nitrogens with one attached hydrogen (secondary N) is 2. The van der Waals surface area contributed by atoms with Crippen molar-refractivity contribution in [2.45, 2.75) is 95.2 Å². The van der Waals surface area contributed by atoms with E-state index < -0.39 is 23.6 Å². The maximum atomic E-state index is 14.9. The largest absolute Gasteiger partial charge is 0.496 e.